The minimum atomic E-state index is 0.658. The van der Waals surface area contributed by atoms with Crippen LogP contribution in [-0.4, -0.2) is 37.2 Å². The first-order valence-electron chi connectivity index (χ1n) is 7.88. The smallest absolute Gasteiger partial charge is 0.122 e. The Morgan fingerprint density at radius 1 is 1.30 bits per heavy atom. The molecule has 2 N–H and O–H groups in total. The van der Waals surface area contributed by atoms with Gasteiger partial charge in [-0.15, -0.1) is 0 Å². The molecule has 0 amide bonds. The number of nitrogens with zero attached hydrogens (tertiary/aromatic N) is 1. The quantitative estimate of drug-likeness (QED) is 0.832. The summed E-state index contributed by atoms with van der Waals surface area (Å²) >= 11 is 0. The Bertz CT molecular complexity index is 408. The third-order valence-corrected chi connectivity index (χ3v) is 4.53. The number of para-hydroxylation sites is 1. The number of hydrogen-bond acceptors (Lipinski definition) is 3. The van der Waals surface area contributed by atoms with Crippen LogP contribution in [0.25, 0.3) is 0 Å². The van der Waals surface area contributed by atoms with Crippen molar-refractivity contribution >= 4 is 0 Å². The average Bonchev–Trinajstić information content (AvgIpc) is 2.94. The maximum atomic E-state index is 5.92. The lowest BCUT2D eigenvalue weighted by molar-refractivity contribution is 0.141. The molecule has 0 spiro atoms. The van der Waals surface area contributed by atoms with Gasteiger partial charge in [0.05, 0.1) is 0 Å². The molecule has 0 radical (unpaired) electrons. The number of rotatable bonds is 7. The van der Waals surface area contributed by atoms with Crippen molar-refractivity contribution in [2.45, 2.75) is 39.2 Å². The molecule has 0 aliphatic heterocycles. The molecule has 3 heteroatoms. The fraction of sp³-hybridized carbons (Fsp3) is 0.647. The summed E-state index contributed by atoms with van der Waals surface area (Å²) in [6, 6.07) is 8.87. The van der Waals surface area contributed by atoms with Crippen molar-refractivity contribution in [2.75, 3.05) is 26.2 Å². The van der Waals surface area contributed by atoms with Crippen LogP contribution < -0.4 is 10.5 Å². The molecule has 1 aromatic carbocycles. The van der Waals surface area contributed by atoms with Crippen molar-refractivity contribution in [2.24, 2.45) is 11.7 Å². The molecule has 2 atom stereocenters. The van der Waals surface area contributed by atoms with Gasteiger partial charge in [-0.25, -0.2) is 0 Å². The zero-order valence-electron chi connectivity index (χ0n) is 12.8. The second kappa shape index (κ2) is 7.65. The van der Waals surface area contributed by atoms with Crippen LogP contribution in [0.4, 0.5) is 0 Å². The second-order valence-electron chi connectivity index (χ2n) is 5.74. The molecule has 0 saturated heterocycles. The molecule has 0 aromatic heterocycles. The van der Waals surface area contributed by atoms with Crippen molar-refractivity contribution < 1.29 is 4.74 Å². The van der Waals surface area contributed by atoms with Gasteiger partial charge in [-0.2, -0.15) is 0 Å². The lowest BCUT2D eigenvalue weighted by Gasteiger charge is -2.31. The standard InChI is InChI=1S/C17H28N2O/c1-3-19(16-9-6-8-15(16)13-18)11-12-20-17-10-5-4-7-14(17)2/h4-5,7,10,15-16H,3,6,8-9,11-13,18H2,1-2H3. The summed E-state index contributed by atoms with van der Waals surface area (Å²) in [6.45, 7) is 7.98. The SMILES string of the molecule is CCN(CCOc1ccccc1C)C1CCCC1CN. The van der Waals surface area contributed by atoms with Gasteiger partial charge in [0.15, 0.2) is 0 Å². The Balaban J connectivity index is 1.84. The van der Waals surface area contributed by atoms with Gasteiger partial charge < -0.3 is 10.5 Å². The molecular formula is C17H28N2O. The predicted molar refractivity (Wildman–Crippen MR) is 84.1 cm³/mol. The molecule has 1 aromatic rings. The molecule has 2 unspecified atom stereocenters. The Labute approximate surface area is 123 Å². The molecular weight excluding hydrogens is 248 g/mol. The summed E-state index contributed by atoms with van der Waals surface area (Å²) in [6.07, 6.45) is 3.90. The van der Waals surface area contributed by atoms with Crippen molar-refractivity contribution in [3.63, 3.8) is 0 Å². The van der Waals surface area contributed by atoms with E-state index in [9.17, 15) is 0 Å². The van der Waals surface area contributed by atoms with Gasteiger partial charge in [0.1, 0.15) is 12.4 Å². The number of likely N-dealkylation sites (N-methyl/N-ethyl adjacent to an activating group) is 1. The summed E-state index contributed by atoms with van der Waals surface area (Å²) in [4.78, 5) is 2.54. The van der Waals surface area contributed by atoms with E-state index < -0.39 is 0 Å². The number of hydrogen-bond donors (Lipinski definition) is 1. The molecule has 3 nitrogen and oxygen atoms in total. The van der Waals surface area contributed by atoms with E-state index in [-0.39, 0.29) is 0 Å². The lowest BCUT2D eigenvalue weighted by Crippen LogP contribution is -2.42. The molecule has 20 heavy (non-hydrogen) atoms. The molecule has 0 heterocycles. The Kier molecular flexibility index (Phi) is 5.86. The first-order valence-corrected chi connectivity index (χ1v) is 7.88. The Hall–Kier alpha value is -1.06. The Morgan fingerprint density at radius 3 is 2.80 bits per heavy atom. The monoisotopic (exact) mass is 276 g/mol. The van der Waals surface area contributed by atoms with E-state index >= 15 is 0 Å². The van der Waals surface area contributed by atoms with E-state index in [1.165, 1.54) is 24.8 Å². The third-order valence-electron chi connectivity index (χ3n) is 4.53. The minimum Gasteiger partial charge on any atom is -0.492 e. The van der Waals surface area contributed by atoms with E-state index in [0.717, 1.165) is 32.0 Å². The largest absolute Gasteiger partial charge is 0.492 e. The first-order chi connectivity index (χ1) is 9.76. The number of aryl methyl sites for hydroxylation is 1. The van der Waals surface area contributed by atoms with Crippen molar-refractivity contribution in [1.29, 1.82) is 0 Å². The molecule has 0 bridgehead atoms. The zero-order valence-corrected chi connectivity index (χ0v) is 12.8. The fourth-order valence-electron chi connectivity index (χ4n) is 3.32. The van der Waals surface area contributed by atoms with E-state index in [0.29, 0.717) is 12.0 Å². The summed E-state index contributed by atoms with van der Waals surface area (Å²) < 4.78 is 5.92. The third kappa shape index (κ3) is 3.74. The molecule has 1 aliphatic carbocycles. The van der Waals surface area contributed by atoms with Crippen LogP contribution >= 0.6 is 0 Å². The van der Waals surface area contributed by atoms with Crippen LogP contribution in [0.2, 0.25) is 0 Å². The van der Waals surface area contributed by atoms with Gasteiger partial charge in [-0.3, -0.25) is 4.90 Å². The number of nitrogens with two attached hydrogens (primary N) is 1. The fourth-order valence-corrected chi connectivity index (χ4v) is 3.32. The van der Waals surface area contributed by atoms with E-state index in [1.54, 1.807) is 0 Å². The molecule has 2 rings (SSSR count). The van der Waals surface area contributed by atoms with Gasteiger partial charge in [-0.1, -0.05) is 31.5 Å². The van der Waals surface area contributed by atoms with Gasteiger partial charge in [-0.05, 0) is 50.4 Å². The summed E-state index contributed by atoms with van der Waals surface area (Å²) in [5.74, 6) is 1.68. The normalized spacial score (nSPS) is 22.4. The minimum absolute atomic E-state index is 0.658. The Morgan fingerprint density at radius 2 is 2.10 bits per heavy atom. The van der Waals surface area contributed by atoms with E-state index in [2.05, 4.69) is 24.8 Å². The van der Waals surface area contributed by atoms with E-state index in [4.69, 9.17) is 10.5 Å². The lowest BCUT2D eigenvalue weighted by atomic mass is 10.0. The average molecular weight is 276 g/mol. The van der Waals surface area contributed by atoms with E-state index in [1.807, 2.05) is 18.2 Å². The molecule has 1 fully saturated rings. The van der Waals surface area contributed by atoms with Crippen LogP contribution in [0.3, 0.4) is 0 Å². The van der Waals surface area contributed by atoms with Gasteiger partial charge >= 0.3 is 0 Å². The summed E-state index contributed by atoms with van der Waals surface area (Å²) in [7, 11) is 0. The topological polar surface area (TPSA) is 38.5 Å². The summed E-state index contributed by atoms with van der Waals surface area (Å²) in [5.41, 5.74) is 7.10. The summed E-state index contributed by atoms with van der Waals surface area (Å²) in [5, 5.41) is 0. The maximum absolute atomic E-state index is 5.92. The van der Waals surface area contributed by atoms with Crippen LogP contribution in [0.15, 0.2) is 24.3 Å². The zero-order chi connectivity index (χ0) is 14.4. The van der Waals surface area contributed by atoms with Crippen LogP contribution in [0.1, 0.15) is 31.7 Å². The number of benzene rings is 1. The maximum Gasteiger partial charge on any atom is 0.122 e. The highest BCUT2D eigenvalue weighted by Crippen LogP contribution is 2.29. The highest BCUT2D eigenvalue weighted by molar-refractivity contribution is 5.31. The van der Waals surface area contributed by atoms with Gasteiger partial charge in [0.25, 0.3) is 0 Å². The van der Waals surface area contributed by atoms with Crippen molar-refractivity contribution in [3.05, 3.63) is 29.8 Å². The van der Waals surface area contributed by atoms with Crippen LogP contribution in [-0.2, 0) is 0 Å². The predicted octanol–water partition coefficient (Wildman–Crippen LogP) is 2.82. The van der Waals surface area contributed by atoms with Gasteiger partial charge in [0.2, 0.25) is 0 Å². The van der Waals surface area contributed by atoms with Crippen LogP contribution in [0, 0.1) is 12.8 Å². The highest BCUT2D eigenvalue weighted by Gasteiger charge is 2.30. The van der Waals surface area contributed by atoms with Crippen LogP contribution in [0.5, 0.6) is 5.75 Å². The molecule has 1 saturated carbocycles. The second-order valence-corrected chi connectivity index (χ2v) is 5.74. The van der Waals surface area contributed by atoms with Gasteiger partial charge in [0, 0.05) is 12.6 Å². The molecule has 112 valence electrons. The van der Waals surface area contributed by atoms with Crippen molar-refractivity contribution in [3.8, 4) is 5.75 Å². The number of ether oxygens (including phenoxy) is 1. The molecule has 1 aliphatic rings. The van der Waals surface area contributed by atoms with Crippen molar-refractivity contribution in [1.82, 2.24) is 4.90 Å². The highest BCUT2D eigenvalue weighted by atomic mass is 16.5. The first kappa shape index (κ1) is 15.3.